The minimum absolute atomic E-state index is 0.0164. The summed E-state index contributed by atoms with van der Waals surface area (Å²) in [6, 6.07) is 6.02. The van der Waals surface area contributed by atoms with Crippen LogP contribution in [-0.2, 0) is 9.84 Å². The molecule has 1 saturated carbocycles. The van der Waals surface area contributed by atoms with E-state index in [1.54, 1.807) is 12.1 Å². The van der Waals surface area contributed by atoms with Crippen molar-refractivity contribution in [2.24, 2.45) is 17.1 Å². The first kappa shape index (κ1) is 25.4. The molecule has 2 fully saturated rings. The first-order valence-corrected chi connectivity index (χ1v) is 13.7. The number of hydrogen-bond donors (Lipinski definition) is 1. The number of ether oxygens (including phenoxy) is 1. The van der Waals surface area contributed by atoms with Gasteiger partial charge in [-0.2, -0.15) is 0 Å². The van der Waals surface area contributed by atoms with Gasteiger partial charge in [0.15, 0.2) is 5.03 Å². The molecule has 0 bridgehead atoms. The number of amides is 1. The zero-order chi connectivity index (χ0) is 25.6. The summed E-state index contributed by atoms with van der Waals surface area (Å²) in [5.41, 5.74) is 5.53. The Morgan fingerprint density at radius 1 is 1.17 bits per heavy atom. The molecule has 2 aromatic rings. The Balaban J connectivity index is 1.71. The number of rotatable bonds is 6. The van der Waals surface area contributed by atoms with Crippen LogP contribution in [0.25, 0.3) is 0 Å². The summed E-state index contributed by atoms with van der Waals surface area (Å²) in [6.07, 6.45) is 6.28. The van der Waals surface area contributed by atoms with Crippen molar-refractivity contribution in [2.45, 2.75) is 88.3 Å². The molecule has 8 nitrogen and oxygen atoms in total. The van der Waals surface area contributed by atoms with Crippen molar-refractivity contribution >= 4 is 21.6 Å². The Bertz CT molecular complexity index is 1230. The van der Waals surface area contributed by atoms with Crippen LogP contribution in [0.15, 0.2) is 40.4 Å². The Labute approximate surface area is 208 Å². The summed E-state index contributed by atoms with van der Waals surface area (Å²) >= 11 is 0. The maximum absolute atomic E-state index is 13.7. The molecule has 4 rings (SSSR count). The molecule has 0 spiro atoms. The number of nitrogens with two attached hydrogens (primary N) is 1. The van der Waals surface area contributed by atoms with Gasteiger partial charge in [0.2, 0.25) is 15.7 Å². The summed E-state index contributed by atoms with van der Waals surface area (Å²) < 4.78 is 33.6. The van der Waals surface area contributed by atoms with Crippen molar-refractivity contribution in [3.8, 4) is 5.88 Å². The first-order valence-electron chi connectivity index (χ1n) is 12.3. The Morgan fingerprint density at radius 3 is 2.54 bits per heavy atom. The van der Waals surface area contributed by atoms with Crippen molar-refractivity contribution in [2.75, 3.05) is 11.4 Å². The van der Waals surface area contributed by atoms with E-state index in [-0.39, 0.29) is 38.4 Å². The van der Waals surface area contributed by atoms with E-state index < -0.39 is 15.7 Å². The number of pyridine rings is 2. The van der Waals surface area contributed by atoms with Crippen LogP contribution in [0.2, 0.25) is 0 Å². The summed E-state index contributed by atoms with van der Waals surface area (Å²) in [4.78, 5) is 23.1. The molecule has 35 heavy (non-hydrogen) atoms. The Hall–Kier alpha value is -2.68. The van der Waals surface area contributed by atoms with Gasteiger partial charge in [0.25, 0.3) is 5.91 Å². The molecule has 9 heteroatoms. The van der Waals surface area contributed by atoms with Gasteiger partial charge < -0.3 is 15.4 Å². The van der Waals surface area contributed by atoms with E-state index in [0.717, 1.165) is 32.1 Å². The van der Waals surface area contributed by atoms with E-state index in [9.17, 15) is 13.2 Å². The lowest BCUT2D eigenvalue weighted by Gasteiger charge is -2.34. The van der Waals surface area contributed by atoms with Crippen LogP contribution in [0.1, 0.15) is 77.1 Å². The van der Waals surface area contributed by atoms with Gasteiger partial charge in [0.1, 0.15) is 17.5 Å². The lowest BCUT2D eigenvalue weighted by atomic mass is 9.76. The lowest BCUT2D eigenvalue weighted by Crippen LogP contribution is -2.40. The lowest BCUT2D eigenvalue weighted by molar-refractivity contribution is 0.0808. The molecule has 2 atom stereocenters. The van der Waals surface area contributed by atoms with Gasteiger partial charge in [-0.1, -0.05) is 26.8 Å². The second-order valence-electron chi connectivity index (χ2n) is 11.4. The Kier molecular flexibility index (Phi) is 6.59. The number of sulfone groups is 1. The molecule has 1 saturated heterocycles. The van der Waals surface area contributed by atoms with Gasteiger partial charge in [0.05, 0.1) is 4.90 Å². The van der Waals surface area contributed by atoms with Crippen molar-refractivity contribution < 1.29 is 17.9 Å². The largest absolute Gasteiger partial charge is 0.474 e. The molecular formula is C26H36N4O4S. The molecule has 2 aliphatic rings. The minimum atomic E-state index is -4.16. The van der Waals surface area contributed by atoms with E-state index in [0.29, 0.717) is 18.3 Å². The van der Waals surface area contributed by atoms with E-state index in [4.69, 9.17) is 10.5 Å². The number of nitrogens with zero attached hydrogens (tertiary/aromatic N) is 3. The summed E-state index contributed by atoms with van der Waals surface area (Å²) in [6.45, 7) is 11.3. The second kappa shape index (κ2) is 9.08. The smallest absolute Gasteiger partial charge is 0.253 e. The maximum Gasteiger partial charge on any atom is 0.253 e. The summed E-state index contributed by atoms with van der Waals surface area (Å²) in [5.74, 6) is 0.0925. The van der Waals surface area contributed by atoms with Crippen LogP contribution in [0, 0.1) is 11.3 Å². The third kappa shape index (κ3) is 5.15. The van der Waals surface area contributed by atoms with E-state index >= 15 is 0 Å². The van der Waals surface area contributed by atoms with Gasteiger partial charge in [-0.3, -0.25) is 4.79 Å². The first-order chi connectivity index (χ1) is 16.3. The third-order valence-corrected chi connectivity index (χ3v) is 8.88. The van der Waals surface area contributed by atoms with Crippen molar-refractivity contribution in [3.05, 3.63) is 36.0 Å². The van der Waals surface area contributed by atoms with Crippen molar-refractivity contribution in [1.29, 1.82) is 0 Å². The minimum Gasteiger partial charge on any atom is -0.474 e. The standard InChI is InChI=1S/C26H36N4O4S/c1-17-14-26(4,5)30(16-17)24-22(23(27)31)19(11-13-28-24)35(32,33)21-10-6-9-20(29-21)34-18-8-7-12-25(2,3)15-18/h6,9-11,13,17-18H,7-8,12,14-16H2,1-5H3,(H2,27,31). The van der Waals surface area contributed by atoms with Gasteiger partial charge in [-0.05, 0) is 69.4 Å². The molecule has 1 amide bonds. The van der Waals surface area contributed by atoms with Gasteiger partial charge >= 0.3 is 0 Å². The quantitative estimate of drug-likeness (QED) is 0.626. The van der Waals surface area contributed by atoms with Gasteiger partial charge in [0, 0.05) is 24.3 Å². The summed E-state index contributed by atoms with van der Waals surface area (Å²) in [5, 5.41) is -0.182. The fourth-order valence-electron chi connectivity index (χ4n) is 5.68. The number of carbonyl (C=O) groups is 1. The molecule has 190 valence electrons. The Morgan fingerprint density at radius 2 is 1.91 bits per heavy atom. The molecule has 3 heterocycles. The predicted octanol–water partition coefficient (Wildman–Crippen LogP) is 4.38. The highest BCUT2D eigenvalue weighted by Crippen LogP contribution is 2.40. The van der Waals surface area contributed by atoms with Crippen LogP contribution >= 0.6 is 0 Å². The molecule has 1 aliphatic heterocycles. The van der Waals surface area contributed by atoms with Crippen LogP contribution < -0.4 is 15.4 Å². The number of aromatic nitrogens is 2. The normalized spacial score (nSPS) is 23.7. The zero-order valence-corrected chi connectivity index (χ0v) is 22.1. The number of primary amides is 1. The molecular weight excluding hydrogens is 464 g/mol. The van der Waals surface area contributed by atoms with Crippen LogP contribution in [0.3, 0.4) is 0 Å². The van der Waals surface area contributed by atoms with Crippen molar-refractivity contribution in [3.63, 3.8) is 0 Å². The average Bonchev–Trinajstić information content (AvgIpc) is 3.04. The maximum atomic E-state index is 13.7. The highest BCUT2D eigenvalue weighted by atomic mass is 32.2. The third-order valence-electron chi connectivity index (χ3n) is 7.18. The van der Waals surface area contributed by atoms with E-state index in [2.05, 4.69) is 44.6 Å². The topological polar surface area (TPSA) is 115 Å². The highest BCUT2D eigenvalue weighted by Gasteiger charge is 2.40. The zero-order valence-electron chi connectivity index (χ0n) is 21.2. The number of hydrogen-bond acceptors (Lipinski definition) is 7. The fraction of sp³-hybridized carbons (Fsp3) is 0.577. The number of anilines is 1. The van der Waals surface area contributed by atoms with Gasteiger partial charge in [-0.15, -0.1) is 0 Å². The average molecular weight is 501 g/mol. The molecule has 2 unspecified atom stereocenters. The van der Waals surface area contributed by atoms with Crippen LogP contribution in [0.4, 0.5) is 5.82 Å². The second-order valence-corrected chi connectivity index (χ2v) is 13.3. The van der Waals surface area contributed by atoms with Crippen LogP contribution in [0.5, 0.6) is 5.88 Å². The summed E-state index contributed by atoms with van der Waals surface area (Å²) in [7, 11) is -4.16. The van der Waals surface area contributed by atoms with E-state index in [1.165, 1.54) is 18.3 Å². The molecule has 1 aliphatic carbocycles. The predicted molar refractivity (Wildman–Crippen MR) is 134 cm³/mol. The monoisotopic (exact) mass is 500 g/mol. The fourth-order valence-corrected chi connectivity index (χ4v) is 7.07. The molecule has 0 radical (unpaired) electrons. The van der Waals surface area contributed by atoms with E-state index in [1.807, 2.05) is 4.90 Å². The van der Waals surface area contributed by atoms with Gasteiger partial charge in [-0.25, -0.2) is 18.4 Å². The SMILES string of the molecule is CC1CN(c2nccc(S(=O)(=O)c3cccc(OC4CCCC(C)(C)C4)n3)c2C(N)=O)C(C)(C)C1. The molecule has 2 N–H and O–H groups in total. The highest BCUT2D eigenvalue weighted by molar-refractivity contribution is 7.91. The van der Waals surface area contributed by atoms with Crippen LogP contribution in [-0.4, -0.2) is 42.5 Å². The molecule has 0 aromatic carbocycles. The van der Waals surface area contributed by atoms with Crippen molar-refractivity contribution in [1.82, 2.24) is 9.97 Å². The molecule has 2 aromatic heterocycles. The number of carbonyl (C=O) groups excluding carboxylic acids is 1.